The summed E-state index contributed by atoms with van der Waals surface area (Å²) < 4.78 is 0. The van der Waals surface area contributed by atoms with Gasteiger partial charge in [-0.3, -0.25) is 9.79 Å². The highest BCUT2D eigenvalue weighted by Crippen LogP contribution is 2.14. The molecule has 0 aromatic heterocycles. The molecule has 7 heteroatoms. The Hall–Kier alpha value is -0.570. The first kappa shape index (κ1) is 21.5. The molecule has 2 fully saturated rings. The second kappa shape index (κ2) is 10.4. The number of halogens is 1. The molecular weight excluding hydrogens is 417 g/mol. The van der Waals surface area contributed by atoms with E-state index in [4.69, 9.17) is 0 Å². The fourth-order valence-corrected chi connectivity index (χ4v) is 3.51. The lowest BCUT2D eigenvalue weighted by Gasteiger charge is -2.30. The lowest BCUT2D eigenvalue weighted by molar-refractivity contribution is -0.133. The van der Waals surface area contributed by atoms with E-state index in [0.717, 1.165) is 38.6 Å². The van der Waals surface area contributed by atoms with Crippen molar-refractivity contribution in [3.8, 4) is 0 Å². The maximum absolute atomic E-state index is 12.1. The first-order valence-corrected chi connectivity index (χ1v) is 8.94. The quantitative estimate of drug-likeness (QED) is 0.385. The van der Waals surface area contributed by atoms with Crippen molar-refractivity contribution < 1.29 is 4.79 Å². The van der Waals surface area contributed by atoms with Gasteiger partial charge < -0.3 is 20.4 Å². The third-order valence-corrected chi connectivity index (χ3v) is 4.84. The number of piperidine rings is 1. The number of hydrogen-bond donors (Lipinski definition) is 2. The summed E-state index contributed by atoms with van der Waals surface area (Å²) in [6.45, 7) is 8.89. The fourth-order valence-electron chi connectivity index (χ4n) is 3.51. The van der Waals surface area contributed by atoms with Gasteiger partial charge in [0.05, 0.1) is 0 Å². The Kier molecular flexibility index (Phi) is 9.33. The van der Waals surface area contributed by atoms with E-state index < -0.39 is 0 Å². The molecule has 2 atom stereocenters. The van der Waals surface area contributed by atoms with E-state index in [1.165, 1.54) is 19.4 Å². The van der Waals surface area contributed by atoms with Gasteiger partial charge >= 0.3 is 0 Å². The Morgan fingerprint density at radius 3 is 2.62 bits per heavy atom. The van der Waals surface area contributed by atoms with Crippen LogP contribution in [0.2, 0.25) is 0 Å². The SMILES string of the molecule is CN=C(NCC1CCCN(C)C1)NC1CCN(C(=O)C(C)C)C1.I. The highest BCUT2D eigenvalue weighted by molar-refractivity contribution is 14.0. The maximum Gasteiger partial charge on any atom is 0.225 e. The van der Waals surface area contributed by atoms with Crippen LogP contribution in [0.15, 0.2) is 4.99 Å². The molecule has 2 N–H and O–H groups in total. The summed E-state index contributed by atoms with van der Waals surface area (Å²) in [5.41, 5.74) is 0. The molecule has 2 saturated heterocycles. The molecule has 0 radical (unpaired) electrons. The smallest absolute Gasteiger partial charge is 0.225 e. The Balaban J connectivity index is 0.00000288. The molecule has 1 amide bonds. The molecule has 0 aromatic carbocycles. The molecule has 140 valence electrons. The number of aliphatic imine (C=N–C) groups is 1. The number of hydrogen-bond acceptors (Lipinski definition) is 3. The third kappa shape index (κ3) is 6.38. The zero-order valence-corrected chi connectivity index (χ0v) is 17.9. The van der Waals surface area contributed by atoms with Gasteiger partial charge in [0, 0.05) is 45.2 Å². The van der Waals surface area contributed by atoms with Crippen molar-refractivity contribution >= 4 is 35.8 Å². The van der Waals surface area contributed by atoms with Crippen molar-refractivity contribution in [3.05, 3.63) is 0 Å². The van der Waals surface area contributed by atoms with Crippen LogP contribution in [-0.2, 0) is 4.79 Å². The van der Waals surface area contributed by atoms with E-state index in [0.29, 0.717) is 12.0 Å². The molecule has 2 aliphatic heterocycles. The number of rotatable bonds is 4. The summed E-state index contributed by atoms with van der Waals surface area (Å²) in [5.74, 6) is 1.88. The van der Waals surface area contributed by atoms with Crippen molar-refractivity contribution in [1.82, 2.24) is 20.4 Å². The van der Waals surface area contributed by atoms with E-state index in [1.54, 1.807) is 0 Å². The van der Waals surface area contributed by atoms with Crippen molar-refractivity contribution in [2.24, 2.45) is 16.8 Å². The Morgan fingerprint density at radius 1 is 1.25 bits per heavy atom. The van der Waals surface area contributed by atoms with Gasteiger partial charge in [-0.05, 0) is 38.8 Å². The van der Waals surface area contributed by atoms with Crippen LogP contribution in [0.25, 0.3) is 0 Å². The van der Waals surface area contributed by atoms with Crippen molar-refractivity contribution in [2.45, 2.75) is 39.2 Å². The number of nitrogens with one attached hydrogen (secondary N) is 2. The second-order valence-electron chi connectivity index (χ2n) is 7.29. The molecular formula is C17H34IN5O. The number of likely N-dealkylation sites (tertiary alicyclic amines) is 2. The highest BCUT2D eigenvalue weighted by atomic mass is 127. The first-order valence-electron chi connectivity index (χ1n) is 8.94. The third-order valence-electron chi connectivity index (χ3n) is 4.84. The molecule has 0 aromatic rings. The van der Waals surface area contributed by atoms with Gasteiger partial charge in [-0.2, -0.15) is 0 Å². The number of guanidine groups is 1. The first-order chi connectivity index (χ1) is 11.0. The van der Waals surface area contributed by atoms with Crippen molar-refractivity contribution in [1.29, 1.82) is 0 Å². The minimum atomic E-state index is 0. The zero-order valence-electron chi connectivity index (χ0n) is 15.5. The van der Waals surface area contributed by atoms with Crippen LogP contribution in [0, 0.1) is 11.8 Å². The van der Waals surface area contributed by atoms with Gasteiger partial charge in [-0.15, -0.1) is 24.0 Å². The van der Waals surface area contributed by atoms with Crippen molar-refractivity contribution in [2.75, 3.05) is 46.8 Å². The average molecular weight is 451 g/mol. The van der Waals surface area contributed by atoms with E-state index in [-0.39, 0.29) is 35.8 Å². The molecule has 6 nitrogen and oxygen atoms in total. The minimum Gasteiger partial charge on any atom is -0.356 e. The topological polar surface area (TPSA) is 60.0 Å². The van der Waals surface area contributed by atoms with E-state index in [2.05, 4.69) is 27.6 Å². The number of carbonyl (C=O) groups excluding carboxylic acids is 1. The monoisotopic (exact) mass is 451 g/mol. The molecule has 2 unspecified atom stereocenters. The summed E-state index contributed by atoms with van der Waals surface area (Å²) in [6, 6.07) is 0.304. The van der Waals surface area contributed by atoms with Gasteiger partial charge in [0.1, 0.15) is 0 Å². The molecule has 2 heterocycles. The van der Waals surface area contributed by atoms with Crippen LogP contribution in [0.1, 0.15) is 33.1 Å². The largest absolute Gasteiger partial charge is 0.356 e. The fraction of sp³-hybridized carbons (Fsp3) is 0.882. The summed E-state index contributed by atoms with van der Waals surface area (Å²) >= 11 is 0. The van der Waals surface area contributed by atoms with Crippen LogP contribution in [0.5, 0.6) is 0 Å². The molecule has 2 aliphatic rings. The van der Waals surface area contributed by atoms with Gasteiger partial charge in [-0.25, -0.2) is 0 Å². The van der Waals surface area contributed by atoms with Gasteiger partial charge in [0.15, 0.2) is 5.96 Å². The van der Waals surface area contributed by atoms with Gasteiger partial charge in [0.2, 0.25) is 5.91 Å². The van der Waals surface area contributed by atoms with Crippen LogP contribution in [-0.4, -0.2) is 74.5 Å². The average Bonchev–Trinajstić information content (AvgIpc) is 2.99. The van der Waals surface area contributed by atoms with E-state index in [1.807, 2.05) is 25.8 Å². The van der Waals surface area contributed by atoms with Crippen molar-refractivity contribution in [3.63, 3.8) is 0 Å². The maximum atomic E-state index is 12.1. The van der Waals surface area contributed by atoms with E-state index >= 15 is 0 Å². The number of amides is 1. The summed E-state index contributed by atoms with van der Waals surface area (Å²) in [7, 11) is 4.01. The predicted octanol–water partition coefficient (Wildman–Crippen LogP) is 1.37. The molecule has 0 spiro atoms. The van der Waals surface area contributed by atoms with Gasteiger partial charge in [0.25, 0.3) is 0 Å². The lowest BCUT2D eigenvalue weighted by atomic mass is 9.99. The van der Waals surface area contributed by atoms with Crippen LogP contribution >= 0.6 is 24.0 Å². The molecule has 24 heavy (non-hydrogen) atoms. The van der Waals surface area contributed by atoms with Gasteiger partial charge in [-0.1, -0.05) is 13.8 Å². The Labute approximate surface area is 163 Å². The van der Waals surface area contributed by atoms with Crippen LogP contribution in [0.3, 0.4) is 0 Å². The summed E-state index contributed by atoms with van der Waals surface area (Å²) in [4.78, 5) is 20.8. The number of carbonyl (C=O) groups is 1. The lowest BCUT2D eigenvalue weighted by Crippen LogP contribution is -2.47. The predicted molar refractivity (Wildman–Crippen MR) is 110 cm³/mol. The van der Waals surface area contributed by atoms with Crippen LogP contribution in [0.4, 0.5) is 0 Å². The van der Waals surface area contributed by atoms with E-state index in [9.17, 15) is 4.79 Å². The molecule has 0 bridgehead atoms. The van der Waals surface area contributed by atoms with Crippen LogP contribution < -0.4 is 10.6 Å². The normalized spacial score (nSPS) is 25.5. The minimum absolute atomic E-state index is 0. The highest BCUT2D eigenvalue weighted by Gasteiger charge is 2.28. The summed E-state index contributed by atoms with van der Waals surface area (Å²) in [6.07, 6.45) is 3.56. The summed E-state index contributed by atoms with van der Waals surface area (Å²) in [5, 5.41) is 6.93. The standard InChI is InChI=1S/C17H33N5O.HI/c1-13(2)16(23)22-9-7-15(12-22)20-17(18-3)19-10-14-6-5-8-21(4)11-14;/h13-15H,5-12H2,1-4H3,(H2,18,19,20);1H. The Bertz CT molecular complexity index is 429. The zero-order chi connectivity index (χ0) is 16.8. The molecule has 0 saturated carbocycles. The molecule has 0 aliphatic carbocycles. The molecule has 2 rings (SSSR count). The Morgan fingerprint density at radius 2 is 2.00 bits per heavy atom. The number of nitrogens with zero attached hydrogens (tertiary/aromatic N) is 3. The second-order valence-corrected chi connectivity index (χ2v) is 7.29.